The number of carbonyl (C=O) groups excluding carboxylic acids is 1. The van der Waals surface area contributed by atoms with Gasteiger partial charge in [0.2, 0.25) is 0 Å². The van der Waals surface area contributed by atoms with Crippen molar-refractivity contribution in [2.75, 3.05) is 12.8 Å². The van der Waals surface area contributed by atoms with Gasteiger partial charge in [-0.3, -0.25) is 4.79 Å². The van der Waals surface area contributed by atoms with Gasteiger partial charge in [0.25, 0.3) is 0 Å². The number of ketones is 1. The molecule has 5 heteroatoms. The molecule has 5 nitrogen and oxygen atoms in total. The van der Waals surface area contributed by atoms with Crippen molar-refractivity contribution >= 4 is 17.4 Å². The Morgan fingerprint density at radius 1 is 0.923 bits per heavy atom. The molecule has 220 valence electrons. The summed E-state index contributed by atoms with van der Waals surface area (Å²) >= 11 is 0. The van der Waals surface area contributed by atoms with Crippen LogP contribution in [0, 0.1) is 25.7 Å². The molecule has 39 heavy (non-hydrogen) atoms. The second kappa shape index (κ2) is 21.1. The molecule has 0 heterocycles. The Hall–Kier alpha value is -2.82. The first-order chi connectivity index (χ1) is 18.5. The van der Waals surface area contributed by atoms with Crippen molar-refractivity contribution in [1.82, 2.24) is 0 Å². The Bertz CT molecular complexity index is 941. The standard InChI is InChI=1S/C10H18O2.C10H14.C9H13NO.C5H10O/c1-2-3-8-4-6-9(7-5-8)10(11)12;1-4-10-8(2)6-5-7-9(10)3;1-3-7-4-5-8(10)6-9(7)11-2;1-3-4-5(2)6/h8-9H,2-7H2,1H3,(H,11,12);5-7H,4H2,1-3H3;4-6H,3,10H2,1-2H3;3-4H2,1-2H3. The number of Topliss-reactive ketones (excluding diaryl/α,β-unsaturated/α-hetero) is 1. The van der Waals surface area contributed by atoms with E-state index in [1.54, 1.807) is 14.0 Å². The third-order valence-electron chi connectivity index (χ3n) is 7.19. The molecule has 0 aliphatic heterocycles. The quantitative estimate of drug-likeness (QED) is 0.326. The van der Waals surface area contributed by atoms with Gasteiger partial charge in [-0.05, 0) is 100.0 Å². The molecule has 0 spiro atoms. The molecular weight excluding hydrogens is 486 g/mol. The number of carboxylic acid groups (broad SMARTS) is 1. The van der Waals surface area contributed by atoms with Gasteiger partial charge < -0.3 is 20.4 Å². The van der Waals surface area contributed by atoms with Crippen LogP contribution < -0.4 is 10.5 Å². The van der Waals surface area contributed by atoms with Gasteiger partial charge in [-0.1, -0.05) is 64.8 Å². The normalized spacial score (nSPS) is 15.8. The highest BCUT2D eigenvalue weighted by Crippen LogP contribution is 2.31. The summed E-state index contributed by atoms with van der Waals surface area (Å²) in [6, 6.07) is 12.2. The number of ether oxygens (including phenoxy) is 1. The average molecular weight is 542 g/mol. The van der Waals surface area contributed by atoms with E-state index in [0.29, 0.717) is 0 Å². The summed E-state index contributed by atoms with van der Waals surface area (Å²) in [5.41, 5.74) is 11.9. The van der Waals surface area contributed by atoms with E-state index in [2.05, 4.69) is 52.8 Å². The second-order valence-electron chi connectivity index (χ2n) is 10.4. The minimum Gasteiger partial charge on any atom is -0.496 e. The van der Waals surface area contributed by atoms with E-state index in [1.165, 1.54) is 35.1 Å². The number of nitrogen functional groups attached to an aromatic ring is 1. The van der Waals surface area contributed by atoms with Crippen LogP contribution in [0.3, 0.4) is 0 Å². The summed E-state index contributed by atoms with van der Waals surface area (Å²) in [4.78, 5) is 20.7. The van der Waals surface area contributed by atoms with Crippen molar-refractivity contribution in [2.45, 2.75) is 113 Å². The number of benzene rings is 2. The number of methoxy groups -OCH3 is 1. The van der Waals surface area contributed by atoms with Crippen LogP contribution in [0.5, 0.6) is 5.75 Å². The van der Waals surface area contributed by atoms with E-state index >= 15 is 0 Å². The van der Waals surface area contributed by atoms with Crippen LogP contribution in [-0.4, -0.2) is 24.0 Å². The highest BCUT2D eigenvalue weighted by molar-refractivity contribution is 5.75. The predicted octanol–water partition coefficient (Wildman–Crippen LogP) is 8.76. The van der Waals surface area contributed by atoms with Crippen molar-refractivity contribution in [1.29, 1.82) is 0 Å². The van der Waals surface area contributed by atoms with Crippen molar-refractivity contribution in [3.05, 3.63) is 58.7 Å². The van der Waals surface area contributed by atoms with Crippen molar-refractivity contribution in [3.8, 4) is 5.75 Å². The van der Waals surface area contributed by atoms with Crippen molar-refractivity contribution < 1.29 is 19.4 Å². The Labute approximate surface area is 238 Å². The average Bonchev–Trinajstić information content (AvgIpc) is 2.90. The molecule has 0 atom stereocenters. The monoisotopic (exact) mass is 541 g/mol. The SMILES string of the molecule is CCCC(C)=O.CCCC1CCC(C(=O)O)CC1.CCc1c(C)cccc1C.CCc1ccc(N)cc1OC. The van der Waals surface area contributed by atoms with Gasteiger partial charge in [0, 0.05) is 18.2 Å². The number of carbonyl (C=O) groups is 2. The third kappa shape index (κ3) is 15.4. The van der Waals surface area contributed by atoms with Crippen LogP contribution in [0.1, 0.15) is 108 Å². The molecule has 0 amide bonds. The maximum Gasteiger partial charge on any atom is 0.306 e. The van der Waals surface area contributed by atoms with Crippen LogP contribution in [0.4, 0.5) is 5.69 Å². The van der Waals surface area contributed by atoms with Gasteiger partial charge >= 0.3 is 5.97 Å². The molecule has 0 saturated heterocycles. The van der Waals surface area contributed by atoms with Crippen molar-refractivity contribution in [3.63, 3.8) is 0 Å². The van der Waals surface area contributed by atoms with Crippen LogP contribution >= 0.6 is 0 Å². The zero-order chi connectivity index (χ0) is 29.8. The molecule has 1 fully saturated rings. The van der Waals surface area contributed by atoms with Gasteiger partial charge in [-0.25, -0.2) is 0 Å². The topological polar surface area (TPSA) is 89.6 Å². The lowest BCUT2D eigenvalue weighted by atomic mass is 9.80. The lowest BCUT2D eigenvalue weighted by Gasteiger charge is -2.25. The summed E-state index contributed by atoms with van der Waals surface area (Å²) in [5, 5.41) is 8.75. The minimum atomic E-state index is -0.593. The van der Waals surface area contributed by atoms with Gasteiger partial charge in [0.1, 0.15) is 11.5 Å². The van der Waals surface area contributed by atoms with E-state index in [1.807, 2.05) is 25.1 Å². The Balaban J connectivity index is 0.000000507. The molecule has 0 unspecified atom stereocenters. The number of anilines is 1. The molecule has 1 aliphatic rings. The molecule has 0 aromatic heterocycles. The zero-order valence-corrected chi connectivity index (χ0v) is 25.9. The van der Waals surface area contributed by atoms with Crippen LogP contribution in [0.25, 0.3) is 0 Å². The number of carboxylic acids is 1. The van der Waals surface area contributed by atoms with Crippen LogP contribution in [0.15, 0.2) is 36.4 Å². The van der Waals surface area contributed by atoms with Crippen LogP contribution in [0.2, 0.25) is 0 Å². The van der Waals surface area contributed by atoms with E-state index in [-0.39, 0.29) is 11.7 Å². The van der Waals surface area contributed by atoms with Gasteiger partial charge in [-0.2, -0.15) is 0 Å². The highest BCUT2D eigenvalue weighted by atomic mass is 16.5. The first-order valence-electron chi connectivity index (χ1n) is 14.7. The number of nitrogens with two attached hydrogens (primary N) is 1. The van der Waals surface area contributed by atoms with Gasteiger partial charge in [0.05, 0.1) is 13.0 Å². The molecule has 0 radical (unpaired) electrons. The summed E-state index contributed by atoms with van der Waals surface area (Å²) in [5.74, 6) is 1.35. The van der Waals surface area contributed by atoms with Crippen molar-refractivity contribution in [2.24, 2.45) is 11.8 Å². The summed E-state index contributed by atoms with van der Waals surface area (Å²) in [6.45, 7) is 14.5. The zero-order valence-electron chi connectivity index (χ0n) is 25.9. The molecule has 2 aromatic carbocycles. The largest absolute Gasteiger partial charge is 0.496 e. The summed E-state index contributed by atoms with van der Waals surface area (Å²) < 4.78 is 5.14. The van der Waals surface area contributed by atoms with E-state index in [0.717, 1.165) is 68.7 Å². The third-order valence-corrected chi connectivity index (χ3v) is 7.19. The van der Waals surface area contributed by atoms with Gasteiger partial charge in [-0.15, -0.1) is 0 Å². The summed E-state index contributed by atoms with van der Waals surface area (Å²) in [6.07, 6.45) is 10.4. The minimum absolute atomic E-state index is 0.0434. The number of hydrogen-bond acceptors (Lipinski definition) is 4. The van der Waals surface area contributed by atoms with E-state index in [9.17, 15) is 9.59 Å². The summed E-state index contributed by atoms with van der Waals surface area (Å²) in [7, 11) is 1.66. The first-order valence-corrected chi connectivity index (χ1v) is 14.7. The first kappa shape index (κ1) is 36.2. The number of hydrogen-bond donors (Lipinski definition) is 2. The number of aryl methyl sites for hydroxylation is 3. The fourth-order valence-electron chi connectivity index (χ4n) is 4.92. The van der Waals surface area contributed by atoms with E-state index in [4.69, 9.17) is 15.6 Å². The second-order valence-corrected chi connectivity index (χ2v) is 10.4. The smallest absolute Gasteiger partial charge is 0.306 e. The maximum atomic E-state index is 10.6. The maximum absolute atomic E-state index is 10.6. The Kier molecular flexibility index (Phi) is 19.5. The molecule has 2 aromatic rings. The fourth-order valence-corrected chi connectivity index (χ4v) is 4.92. The van der Waals surface area contributed by atoms with Crippen LogP contribution in [-0.2, 0) is 22.4 Å². The molecule has 1 saturated carbocycles. The molecule has 0 bridgehead atoms. The predicted molar refractivity (Wildman–Crippen MR) is 166 cm³/mol. The Morgan fingerprint density at radius 2 is 1.51 bits per heavy atom. The number of aliphatic carboxylic acids is 1. The van der Waals surface area contributed by atoms with Gasteiger partial charge in [0.15, 0.2) is 0 Å². The Morgan fingerprint density at radius 3 is 1.87 bits per heavy atom. The van der Waals surface area contributed by atoms with E-state index < -0.39 is 5.97 Å². The molecule has 3 rings (SSSR count). The number of rotatable bonds is 8. The molecule has 3 N–H and O–H groups in total. The lowest BCUT2D eigenvalue weighted by Crippen LogP contribution is -2.21. The lowest BCUT2D eigenvalue weighted by molar-refractivity contribution is -0.143. The molecular formula is C34H55NO4. The fraction of sp³-hybridized carbons (Fsp3) is 0.588. The molecule has 1 aliphatic carbocycles. The highest BCUT2D eigenvalue weighted by Gasteiger charge is 2.24.